The summed E-state index contributed by atoms with van der Waals surface area (Å²) in [7, 11) is 0. The lowest BCUT2D eigenvalue weighted by Crippen LogP contribution is -2.50. The predicted octanol–water partition coefficient (Wildman–Crippen LogP) is 8.60. The average molecular weight is 1530 g/mol. The molecule has 0 bridgehead atoms. The van der Waals surface area contributed by atoms with Gasteiger partial charge in [-0.2, -0.15) is 0 Å². The van der Waals surface area contributed by atoms with E-state index in [1.807, 2.05) is 173 Å². The molecule has 2 aliphatic rings. The fraction of sp³-hybridized carbons (Fsp3) is 0.614. The molecule has 4 aromatic carbocycles. The Morgan fingerprint density at radius 2 is 0.891 bits per heavy atom. The Morgan fingerprint density at radius 3 is 1.32 bits per heavy atom. The molecule has 27 heteroatoms. The number of hydrogen-bond acceptors (Lipinski definition) is 23. The number of piperidine rings is 1. The highest BCUT2D eigenvalue weighted by atomic mass is 16.6. The van der Waals surface area contributed by atoms with Gasteiger partial charge in [-0.3, -0.25) is 52.9 Å². The van der Waals surface area contributed by atoms with Gasteiger partial charge < -0.3 is 67.6 Å². The predicted molar refractivity (Wildman–Crippen MR) is 419 cm³/mol. The molecule has 3 heterocycles. The van der Waals surface area contributed by atoms with Crippen molar-refractivity contribution in [3.05, 3.63) is 125 Å². The molecule has 608 valence electrons. The van der Waals surface area contributed by atoms with Crippen molar-refractivity contribution in [3.8, 4) is 28.6 Å². The smallest absolute Gasteiger partial charge is 0.320 e. The first kappa shape index (κ1) is 89.2. The van der Waals surface area contributed by atoms with E-state index in [2.05, 4.69) is 47.8 Å². The fourth-order valence-electron chi connectivity index (χ4n) is 12.4. The molecule has 0 aliphatic carbocycles. The third-order valence-electron chi connectivity index (χ3n) is 17.8. The summed E-state index contributed by atoms with van der Waals surface area (Å²) in [6.45, 7) is 33.5. The minimum absolute atomic E-state index is 0.0336. The van der Waals surface area contributed by atoms with E-state index in [-0.39, 0.29) is 73.6 Å². The minimum Gasteiger partial charge on any atom is -0.488 e. The third kappa shape index (κ3) is 34.3. The standard InChI is InChI=1S/C83H124N10O17/c1-13-84-80(99)79-87-86-78(70-55-69(63(2)3)71(106-61-66-20-16-14-17-21-66)56-72(70)107-62-67-22-18-15-19-23-67)93(79)68-26-24-64(25-27-68)54-65-28-32-92(33-29-65)74(95)30-42-100-44-46-102-48-50-104-52-53-105-51-49-103-47-45-101-43-31-85-73(94)57-88-34-36-89(58-75(96)108-81(4,5)6)38-40-91(60-77(98)110-83(10,11)12)41-39-90(37-35-88)59-76(97)109-82(7,8)9/h14-27,55-56,63,65H,13,28-54,57-62H2,1-12H3,(H,84,99)(H,85,94). The van der Waals surface area contributed by atoms with Crippen molar-refractivity contribution in [1.29, 1.82) is 0 Å². The van der Waals surface area contributed by atoms with Crippen molar-refractivity contribution in [2.24, 2.45) is 5.92 Å². The second-order valence-electron chi connectivity index (χ2n) is 31.0. The van der Waals surface area contributed by atoms with Crippen LogP contribution in [0.25, 0.3) is 17.1 Å². The summed E-state index contributed by atoms with van der Waals surface area (Å²) in [5.74, 6) is 0.815. The Morgan fingerprint density at radius 1 is 0.473 bits per heavy atom. The van der Waals surface area contributed by atoms with Crippen LogP contribution in [-0.4, -0.2) is 276 Å². The van der Waals surface area contributed by atoms with Crippen molar-refractivity contribution < 1.29 is 80.9 Å². The summed E-state index contributed by atoms with van der Waals surface area (Å²) in [6, 6.07) is 32.2. The SMILES string of the molecule is CCNC(=O)c1nnc(-c2cc(C(C)C)c(OCc3ccccc3)cc2OCc2ccccc2)n1-c1ccc(CC2CCN(C(=O)CCOCCOCCOCCOCCOCCOCCNC(=O)CN3CCN(CC(=O)OC(C)(C)C)CCN(CC(=O)OC(C)(C)C)CCN(CC(=O)OC(C)(C)C)CC3)CC2)cc1. The molecule has 0 atom stereocenters. The summed E-state index contributed by atoms with van der Waals surface area (Å²) in [4.78, 5) is 89.4. The van der Waals surface area contributed by atoms with Crippen LogP contribution in [0.5, 0.6) is 11.5 Å². The zero-order chi connectivity index (χ0) is 79.3. The van der Waals surface area contributed by atoms with Crippen LogP contribution >= 0.6 is 0 Å². The quantitative estimate of drug-likeness (QED) is 0.0210. The minimum atomic E-state index is -0.666. The first-order valence-corrected chi connectivity index (χ1v) is 39.1. The maximum Gasteiger partial charge on any atom is 0.320 e. The van der Waals surface area contributed by atoms with Crippen LogP contribution < -0.4 is 20.1 Å². The fourth-order valence-corrected chi connectivity index (χ4v) is 12.4. The van der Waals surface area contributed by atoms with Crippen LogP contribution in [0.1, 0.15) is 141 Å². The molecule has 3 amide bonds. The first-order chi connectivity index (χ1) is 52.7. The van der Waals surface area contributed by atoms with Gasteiger partial charge in [0, 0.05) is 90.3 Å². The van der Waals surface area contributed by atoms with E-state index >= 15 is 0 Å². The average Bonchev–Trinajstić information content (AvgIpc) is 1.58. The maximum absolute atomic E-state index is 13.7. The van der Waals surface area contributed by atoms with E-state index in [1.165, 1.54) is 0 Å². The molecule has 2 aliphatic heterocycles. The number of nitrogens with one attached hydrogen (secondary N) is 2. The normalized spacial score (nSPS) is 15.0. The van der Waals surface area contributed by atoms with Crippen LogP contribution in [0.4, 0.5) is 0 Å². The van der Waals surface area contributed by atoms with E-state index in [0.29, 0.717) is 206 Å². The molecule has 5 aromatic rings. The second-order valence-corrected chi connectivity index (χ2v) is 31.0. The Hall–Kier alpha value is -7.96. The molecular weight excluding hydrogens is 1410 g/mol. The summed E-state index contributed by atoms with van der Waals surface area (Å²) >= 11 is 0. The van der Waals surface area contributed by atoms with Crippen molar-refractivity contribution in [3.63, 3.8) is 0 Å². The summed E-state index contributed by atoms with van der Waals surface area (Å²) < 4.78 is 66.0. The van der Waals surface area contributed by atoms with E-state index < -0.39 is 16.8 Å². The topological polar surface area (TPSA) is 275 Å². The number of carbonyl (C=O) groups is 6. The molecule has 0 unspecified atom stereocenters. The molecule has 1 aromatic heterocycles. The van der Waals surface area contributed by atoms with Gasteiger partial charge in [-0.05, 0) is 141 Å². The van der Waals surface area contributed by atoms with Crippen LogP contribution in [0.3, 0.4) is 0 Å². The van der Waals surface area contributed by atoms with Gasteiger partial charge in [-0.25, -0.2) is 0 Å². The molecular formula is C83H124N10O17. The third-order valence-corrected chi connectivity index (χ3v) is 17.8. The molecule has 2 saturated heterocycles. The van der Waals surface area contributed by atoms with Crippen molar-refractivity contribution in [2.75, 3.05) is 184 Å². The summed E-state index contributed by atoms with van der Waals surface area (Å²) in [5.41, 5.74) is 3.59. The van der Waals surface area contributed by atoms with Gasteiger partial charge >= 0.3 is 17.9 Å². The van der Waals surface area contributed by atoms with Gasteiger partial charge in [0.05, 0.1) is 117 Å². The number of amides is 3. The highest BCUT2D eigenvalue weighted by molar-refractivity contribution is 5.92. The zero-order valence-corrected chi connectivity index (χ0v) is 67.5. The monoisotopic (exact) mass is 1530 g/mol. The summed E-state index contributed by atoms with van der Waals surface area (Å²) in [5, 5.41) is 15.1. The van der Waals surface area contributed by atoms with Gasteiger partial charge in [0.15, 0.2) is 5.82 Å². The van der Waals surface area contributed by atoms with Crippen LogP contribution in [0.15, 0.2) is 97.1 Å². The van der Waals surface area contributed by atoms with Gasteiger partial charge in [0.25, 0.3) is 5.91 Å². The van der Waals surface area contributed by atoms with E-state index in [0.717, 1.165) is 47.2 Å². The number of ether oxygens (including phenoxy) is 11. The number of nitrogens with zero attached hydrogens (tertiary/aromatic N) is 8. The Bertz CT molecular complexity index is 3510. The molecule has 2 fully saturated rings. The lowest BCUT2D eigenvalue weighted by Gasteiger charge is -2.34. The first-order valence-electron chi connectivity index (χ1n) is 39.1. The number of hydrogen-bond donors (Lipinski definition) is 2. The molecule has 0 spiro atoms. The van der Waals surface area contributed by atoms with Gasteiger partial charge in [-0.15, -0.1) is 10.2 Å². The lowest BCUT2D eigenvalue weighted by molar-refractivity contribution is -0.158. The Kier molecular flexibility index (Phi) is 37.9. The Balaban J connectivity index is 0.729. The van der Waals surface area contributed by atoms with Crippen LogP contribution in [0, 0.1) is 5.92 Å². The van der Waals surface area contributed by atoms with Gasteiger partial charge in [0.1, 0.15) is 41.5 Å². The molecule has 110 heavy (non-hydrogen) atoms. The molecule has 0 saturated carbocycles. The highest BCUT2D eigenvalue weighted by Gasteiger charge is 2.30. The Labute approximate surface area is 651 Å². The molecule has 0 radical (unpaired) electrons. The zero-order valence-electron chi connectivity index (χ0n) is 67.5. The molecule has 7 rings (SSSR count). The number of aromatic nitrogens is 3. The maximum atomic E-state index is 13.7. The van der Waals surface area contributed by atoms with Crippen molar-refractivity contribution in [2.45, 2.75) is 145 Å². The largest absolute Gasteiger partial charge is 0.488 e. The van der Waals surface area contributed by atoms with Crippen molar-refractivity contribution in [1.82, 2.24) is 49.9 Å². The van der Waals surface area contributed by atoms with Crippen LogP contribution in [-0.2, 0) is 86.2 Å². The van der Waals surface area contributed by atoms with E-state index in [9.17, 15) is 28.8 Å². The highest BCUT2D eigenvalue weighted by Crippen LogP contribution is 2.41. The second kappa shape index (κ2) is 46.8. The number of rotatable bonds is 42. The number of carbonyl (C=O) groups excluding carboxylic acids is 6. The lowest BCUT2D eigenvalue weighted by atomic mass is 9.90. The van der Waals surface area contributed by atoms with Gasteiger partial charge in [0.2, 0.25) is 17.6 Å². The van der Waals surface area contributed by atoms with Gasteiger partial charge in [-0.1, -0.05) is 86.6 Å². The number of esters is 3. The molecule has 2 N–H and O–H groups in total. The number of likely N-dealkylation sites (tertiary alicyclic amines) is 1. The summed E-state index contributed by atoms with van der Waals surface area (Å²) in [6.07, 6.45) is 2.94. The van der Waals surface area contributed by atoms with Crippen molar-refractivity contribution >= 4 is 35.6 Å². The molecule has 27 nitrogen and oxygen atoms in total. The van der Waals surface area contributed by atoms with Crippen LogP contribution in [0.2, 0.25) is 0 Å². The number of benzene rings is 4. The van der Waals surface area contributed by atoms with E-state index in [1.54, 1.807) is 4.57 Å². The van der Waals surface area contributed by atoms with E-state index in [4.69, 9.17) is 57.2 Å².